The molecule has 0 aliphatic rings. The molecule has 0 aromatic rings. The Balaban J connectivity index is 3.81. The molecule has 0 aromatic heterocycles. The lowest BCUT2D eigenvalue weighted by atomic mass is 10.1. The summed E-state index contributed by atoms with van der Waals surface area (Å²) in [5.41, 5.74) is 0. The van der Waals surface area contributed by atoms with Gasteiger partial charge < -0.3 is 0 Å². The van der Waals surface area contributed by atoms with Crippen molar-refractivity contribution < 1.29 is 8.42 Å². The Morgan fingerprint density at radius 2 is 2.18 bits per heavy atom. The molecule has 64 valence electrons. The van der Waals surface area contributed by atoms with E-state index in [1.807, 2.05) is 6.07 Å². The second-order valence-corrected chi connectivity index (χ2v) is 5.31. The molecule has 0 fully saturated rings. The Labute approximate surface area is 75.4 Å². The van der Waals surface area contributed by atoms with E-state index >= 15 is 0 Å². The third-order valence-corrected chi connectivity index (χ3v) is 2.96. The highest BCUT2D eigenvalue weighted by molar-refractivity contribution is 9.09. The third-order valence-electron chi connectivity index (χ3n) is 1.21. The summed E-state index contributed by atoms with van der Waals surface area (Å²) in [6, 6.07) is 2.01. The minimum Gasteiger partial charge on any atom is -0.229 e. The number of rotatable bonds is 4. The summed E-state index contributed by atoms with van der Waals surface area (Å²) in [6.45, 7) is 0. The van der Waals surface area contributed by atoms with Crippen LogP contribution >= 0.6 is 15.9 Å². The zero-order valence-electron chi connectivity index (χ0n) is 6.25. The lowest BCUT2D eigenvalue weighted by molar-refractivity contribution is 0.593. The van der Waals surface area contributed by atoms with Crippen LogP contribution in [0.25, 0.3) is 0 Å². The van der Waals surface area contributed by atoms with Crippen LogP contribution < -0.4 is 0 Å². The van der Waals surface area contributed by atoms with Crippen molar-refractivity contribution in [1.29, 1.82) is 5.26 Å². The zero-order valence-corrected chi connectivity index (χ0v) is 8.65. The maximum absolute atomic E-state index is 10.6. The molecule has 0 radical (unpaired) electrons. The topological polar surface area (TPSA) is 57.9 Å². The average molecular weight is 240 g/mol. The van der Waals surface area contributed by atoms with Crippen LogP contribution in [0.3, 0.4) is 0 Å². The van der Waals surface area contributed by atoms with Gasteiger partial charge in [0.2, 0.25) is 0 Å². The van der Waals surface area contributed by atoms with Crippen LogP contribution in [0.5, 0.6) is 0 Å². The Morgan fingerprint density at radius 1 is 1.64 bits per heavy atom. The molecule has 0 N–H and O–H groups in total. The molecule has 0 heterocycles. The molecular weight excluding hydrogens is 230 g/mol. The van der Waals surface area contributed by atoms with E-state index in [-0.39, 0.29) is 11.7 Å². The van der Waals surface area contributed by atoms with E-state index in [0.717, 1.165) is 0 Å². The Kier molecular flexibility index (Phi) is 4.69. The number of alkyl halides is 1. The van der Waals surface area contributed by atoms with Crippen molar-refractivity contribution >= 4 is 25.8 Å². The van der Waals surface area contributed by atoms with Crippen LogP contribution in [0.1, 0.15) is 6.42 Å². The first-order valence-corrected chi connectivity index (χ1v) is 6.31. The van der Waals surface area contributed by atoms with Gasteiger partial charge in [0.1, 0.15) is 9.84 Å². The van der Waals surface area contributed by atoms with Gasteiger partial charge in [-0.05, 0) is 6.42 Å². The molecule has 1 atom stereocenters. The van der Waals surface area contributed by atoms with Gasteiger partial charge in [0.25, 0.3) is 0 Å². The van der Waals surface area contributed by atoms with Gasteiger partial charge in [-0.15, -0.1) is 0 Å². The average Bonchev–Trinajstić information content (AvgIpc) is 1.88. The standard InChI is InChI=1S/C6H10BrNO2S/c1-11(9,10)3-2-6(4-7)5-8/h6H,2-4H2,1H3. The van der Waals surface area contributed by atoms with Crippen molar-refractivity contribution in [2.75, 3.05) is 17.3 Å². The number of nitriles is 1. The molecule has 0 bridgehead atoms. The predicted molar refractivity (Wildman–Crippen MR) is 47.2 cm³/mol. The molecule has 0 amide bonds. The highest BCUT2D eigenvalue weighted by Crippen LogP contribution is 2.06. The van der Waals surface area contributed by atoms with Gasteiger partial charge in [0.15, 0.2) is 0 Å². The monoisotopic (exact) mass is 239 g/mol. The lowest BCUT2D eigenvalue weighted by Crippen LogP contribution is -2.09. The second kappa shape index (κ2) is 4.73. The fourth-order valence-electron chi connectivity index (χ4n) is 0.533. The number of sulfone groups is 1. The Morgan fingerprint density at radius 3 is 2.45 bits per heavy atom. The van der Waals surface area contributed by atoms with E-state index in [2.05, 4.69) is 15.9 Å². The minimum absolute atomic E-state index is 0.0941. The van der Waals surface area contributed by atoms with Crippen molar-refractivity contribution in [2.45, 2.75) is 6.42 Å². The highest BCUT2D eigenvalue weighted by atomic mass is 79.9. The SMILES string of the molecule is CS(=O)(=O)CCC(C#N)CBr. The molecule has 0 aromatic carbocycles. The van der Waals surface area contributed by atoms with Gasteiger partial charge in [-0.2, -0.15) is 5.26 Å². The van der Waals surface area contributed by atoms with Crippen molar-refractivity contribution in [3.8, 4) is 6.07 Å². The van der Waals surface area contributed by atoms with E-state index < -0.39 is 9.84 Å². The summed E-state index contributed by atoms with van der Waals surface area (Å²) < 4.78 is 21.3. The molecule has 0 saturated heterocycles. The Bertz CT molecular complexity index is 242. The van der Waals surface area contributed by atoms with Gasteiger partial charge in [0, 0.05) is 11.6 Å². The van der Waals surface area contributed by atoms with Crippen molar-refractivity contribution in [2.24, 2.45) is 5.92 Å². The van der Waals surface area contributed by atoms with Crippen molar-refractivity contribution in [3.05, 3.63) is 0 Å². The maximum atomic E-state index is 10.6. The number of hydrogen-bond acceptors (Lipinski definition) is 3. The van der Waals surface area contributed by atoms with Gasteiger partial charge in [0.05, 0.1) is 17.7 Å². The molecule has 11 heavy (non-hydrogen) atoms. The first-order chi connectivity index (χ1) is 4.99. The largest absolute Gasteiger partial charge is 0.229 e. The molecule has 3 nitrogen and oxygen atoms in total. The molecule has 0 aliphatic carbocycles. The van der Waals surface area contributed by atoms with Crippen LogP contribution in [-0.4, -0.2) is 25.8 Å². The molecule has 0 spiro atoms. The zero-order chi connectivity index (χ0) is 8.91. The molecule has 5 heteroatoms. The normalized spacial score (nSPS) is 13.9. The number of hydrogen-bond donors (Lipinski definition) is 0. The summed E-state index contributed by atoms with van der Waals surface area (Å²) in [7, 11) is -2.91. The van der Waals surface area contributed by atoms with E-state index in [0.29, 0.717) is 11.8 Å². The predicted octanol–water partition coefficient (Wildman–Crippen LogP) is 0.956. The van der Waals surface area contributed by atoms with Crippen LogP contribution in [0.15, 0.2) is 0 Å². The second-order valence-electron chi connectivity index (χ2n) is 2.40. The van der Waals surface area contributed by atoms with Crippen molar-refractivity contribution in [1.82, 2.24) is 0 Å². The number of nitrogens with zero attached hydrogens (tertiary/aromatic N) is 1. The van der Waals surface area contributed by atoms with Crippen LogP contribution in [0.2, 0.25) is 0 Å². The maximum Gasteiger partial charge on any atom is 0.147 e. The summed E-state index contributed by atoms with van der Waals surface area (Å²) in [5, 5.41) is 8.99. The fourth-order valence-corrected chi connectivity index (χ4v) is 1.71. The Hall–Kier alpha value is -0.0800. The fraction of sp³-hybridized carbons (Fsp3) is 0.833. The van der Waals surface area contributed by atoms with Crippen LogP contribution in [-0.2, 0) is 9.84 Å². The van der Waals surface area contributed by atoms with E-state index in [9.17, 15) is 8.42 Å². The van der Waals surface area contributed by atoms with Gasteiger partial charge in [-0.3, -0.25) is 0 Å². The van der Waals surface area contributed by atoms with E-state index in [1.54, 1.807) is 0 Å². The smallest absolute Gasteiger partial charge is 0.147 e. The third kappa shape index (κ3) is 6.32. The summed E-state index contributed by atoms with van der Waals surface area (Å²) in [4.78, 5) is 0. The summed E-state index contributed by atoms with van der Waals surface area (Å²) in [5.74, 6) is -0.0960. The molecule has 1 unspecified atom stereocenters. The lowest BCUT2D eigenvalue weighted by Gasteiger charge is -2.01. The molecule has 0 aliphatic heterocycles. The summed E-state index contributed by atoms with van der Waals surface area (Å²) >= 11 is 3.13. The van der Waals surface area contributed by atoms with Crippen LogP contribution in [0, 0.1) is 17.2 Å². The first-order valence-electron chi connectivity index (χ1n) is 3.13. The number of halogens is 1. The minimum atomic E-state index is -2.91. The van der Waals surface area contributed by atoms with Gasteiger partial charge in [-0.1, -0.05) is 15.9 Å². The molecule has 0 rings (SSSR count). The molecular formula is C6H10BrNO2S. The molecule has 0 saturated carbocycles. The first kappa shape index (κ1) is 10.9. The quantitative estimate of drug-likeness (QED) is 0.687. The van der Waals surface area contributed by atoms with Gasteiger partial charge >= 0.3 is 0 Å². The summed E-state index contributed by atoms with van der Waals surface area (Å²) in [6.07, 6.45) is 1.59. The highest BCUT2D eigenvalue weighted by Gasteiger charge is 2.09. The van der Waals surface area contributed by atoms with Crippen molar-refractivity contribution in [3.63, 3.8) is 0 Å². The van der Waals surface area contributed by atoms with E-state index in [1.165, 1.54) is 6.26 Å². The van der Waals surface area contributed by atoms with Gasteiger partial charge in [-0.25, -0.2) is 8.42 Å². The van der Waals surface area contributed by atoms with E-state index in [4.69, 9.17) is 5.26 Å². The van der Waals surface area contributed by atoms with Crippen LogP contribution in [0.4, 0.5) is 0 Å².